The zero-order valence-electron chi connectivity index (χ0n) is 30.3. The average Bonchev–Trinajstić information content (AvgIpc) is 3.79. The van der Waals surface area contributed by atoms with E-state index in [1.54, 1.807) is 6.08 Å². The van der Waals surface area contributed by atoms with Gasteiger partial charge < -0.3 is 19.4 Å². The average molecular weight is 730 g/mol. The zero-order valence-corrected chi connectivity index (χ0v) is 31.3. The molecule has 3 aromatic heterocycles. The summed E-state index contributed by atoms with van der Waals surface area (Å²) in [5.74, 6) is -0.611. The van der Waals surface area contributed by atoms with Gasteiger partial charge in [-0.2, -0.15) is 10.5 Å². The maximum absolute atomic E-state index is 12.3. The molecule has 0 aliphatic carbocycles. The molecular weight excluding hydrogens is 687 g/mol. The monoisotopic (exact) mass is 728 g/mol. The van der Waals surface area contributed by atoms with Gasteiger partial charge in [0.1, 0.15) is 17.7 Å². The van der Waals surface area contributed by atoms with Crippen LogP contribution in [0.5, 0.6) is 0 Å². The fraction of sp³-hybridized carbons (Fsp3) is 0.350. The van der Waals surface area contributed by atoms with Gasteiger partial charge >= 0.3 is 11.9 Å². The van der Waals surface area contributed by atoms with Gasteiger partial charge in [0.15, 0.2) is 0 Å². The van der Waals surface area contributed by atoms with Crippen LogP contribution in [0.2, 0.25) is 0 Å². The molecule has 0 fully saturated rings. The van der Waals surface area contributed by atoms with Crippen LogP contribution in [-0.2, 0) is 48.4 Å². The van der Waals surface area contributed by atoms with Crippen molar-refractivity contribution in [3.05, 3.63) is 74.4 Å². The first-order valence-corrected chi connectivity index (χ1v) is 16.8. The van der Waals surface area contributed by atoms with Crippen LogP contribution in [0.15, 0.2) is 23.8 Å². The third kappa shape index (κ3) is 7.45. The number of hydrogen-bond acceptors (Lipinski definition) is 8. The summed E-state index contributed by atoms with van der Waals surface area (Å²) in [5.41, 5.74) is 14.8. The molecule has 0 atom stereocenters. The summed E-state index contributed by atoms with van der Waals surface area (Å²) in [4.78, 5) is 42.1. The fourth-order valence-corrected chi connectivity index (χ4v) is 6.94. The second kappa shape index (κ2) is 16.2. The first kappa shape index (κ1) is 38.6. The Morgan fingerprint density at radius 1 is 0.745 bits per heavy atom. The first-order valence-electron chi connectivity index (χ1n) is 16.8. The summed E-state index contributed by atoms with van der Waals surface area (Å²) < 4.78 is 9.94. The van der Waals surface area contributed by atoms with E-state index in [1.807, 2.05) is 51.1 Å². The van der Waals surface area contributed by atoms with Gasteiger partial charge in [0.2, 0.25) is 0 Å². The largest absolute Gasteiger partial charge is 0.469 e. The van der Waals surface area contributed by atoms with E-state index in [0.29, 0.717) is 36.9 Å². The van der Waals surface area contributed by atoms with Gasteiger partial charge in [0.05, 0.1) is 42.5 Å². The minimum absolute atomic E-state index is 0. The molecule has 3 aromatic rings. The Bertz CT molecular complexity index is 2260. The van der Waals surface area contributed by atoms with Crippen molar-refractivity contribution in [2.45, 2.75) is 80.1 Å². The van der Waals surface area contributed by atoms with Crippen molar-refractivity contribution in [1.29, 1.82) is 10.5 Å². The van der Waals surface area contributed by atoms with E-state index in [-0.39, 0.29) is 46.8 Å². The first-order chi connectivity index (χ1) is 24.0. The van der Waals surface area contributed by atoms with Crippen LogP contribution in [0.1, 0.15) is 104 Å². The van der Waals surface area contributed by atoms with Crippen molar-refractivity contribution in [3.8, 4) is 12.1 Å². The van der Waals surface area contributed by atoms with Gasteiger partial charge in [-0.15, -0.1) is 0 Å². The Morgan fingerprint density at radius 3 is 1.92 bits per heavy atom. The van der Waals surface area contributed by atoms with E-state index in [1.165, 1.54) is 14.2 Å². The number of fused-ring (bicyclic) bond motifs is 8. The third-order valence-corrected chi connectivity index (χ3v) is 9.82. The molecule has 0 saturated carbocycles. The number of nitrogens with one attached hydrogen (secondary N) is 2. The second-order valence-corrected chi connectivity index (χ2v) is 12.5. The molecule has 10 nitrogen and oxygen atoms in total. The molecule has 2 aliphatic rings. The number of rotatable bonds is 9. The maximum Gasteiger partial charge on any atom is 0.305 e. The zero-order chi connectivity index (χ0) is 36.3. The minimum atomic E-state index is -0.307. The number of allylic oxidation sites excluding steroid dienone is 5. The van der Waals surface area contributed by atoms with Crippen molar-refractivity contribution < 1.29 is 35.6 Å². The smallest absolute Gasteiger partial charge is 0.305 e. The summed E-state index contributed by atoms with van der Waals surface area (Å²) in [6.45, 7) is 12.3. The Balaban J connectivity index is 0.00000583. The van der Waals surface area contributed by atoms with E-state index in [2.05, 4.69) is 30.7 Å². The molecule has 0 spiro atoms. The summed E-state index contributed by atoms with van der Waals surface area (Å²) >= 11 is 0. The molecule has 51 heavy (non-hydrogen) atoms. The molecule has 5 heterocycles. The molecule has 0 aromatic carbocycles. The topological polar surface area (TPSA) is 158 Å². The second-order valence-electron chi connectivity index (χ2n) is 12.5. The minimum Gasteiger partial charge on any atom is -0.469 e. The number of methoxy groups -OCH3 is 2. The molecule has 5 rings (SSSR count). The van der Waals surface area contributed by atoms with Gasteiger partial charge in [-0.25, -0.2) is 9.97 Å². The van der Waals surface area contributed by atoms with Gasteiger partial charge in [-0.3, -0.25) is 9.59 Å². The fourth-order valence-electron chi connectivity index (χ4n) is 6.94. The predicted octanol–water partition coefficient (Wildman–Crippen LogP) is 8.25. The number of nitriles is 2. The number of hydrogen-bond donors (Lipinski definition) is 2. The van der Waals surface area contributed by atoms with Gasteiger partial charge in [-0.1, -0.05) is 13.8 Å². The normalized spacial score (nSPS) is 12.2. The van der Waals surface area contributed by atoms with E-state index in [9.17, 15) is 20.1 Å². The van der Waals surface area contributed by atoms with E-state index in [0.717, 1.165) is 83.7 Å². The van der Waals surface area contributed by atoms with Crippen LogP contribution < -0.4 is 0 Å². The quantitative estimate of drug-likeness (QED) is 0.127. The molecular formula is C40H42N6NiO4. The Morgan fingerprint density at radius 2 is 1.31 bits per heavy atom. The Labute approximate surface area is 308 Å². The molecule has 2 aliphatic heterocycles. The van der Waals surface area contributed by atoms with Crippen LogP contribution in [-0.4, -0.2) is 46.1 Å². The van der Waals surface area contributed by atoms with Crippen molar-refractivity contribution in [2.24, 2.45) is 0 Å². The number of H-pyrrole nitrogens is 2. The molecule has 2 N–H and O–H groups in total. The number of esters is 2. The van der Waals surface area contributed by atoms with E-state index in [4.69, 9.17) is 19.4 Å². The SMILES string of the molecule is CCC1=C(C)c2nc1cc1[nH]c(cc3nc(cc4[nH]c(c2C=C(C#N)C#N)c(CC)c4C)C(C)=C3CCC(=O)OC)c(CCC(=O)OC)c1C.[Ni]. The van der Waals surface area contributed by atoms with Crippen LogP contribution >= 0.6 is 0 Å². The number of carbonyl (C=O) groups is 2. The van der Waals surface area contributed by atoms with Crippen LogP contribution in [0.25, 0.3) is 50.4 Å². The molecule has 0 amide bonds. The van der Waals surface area contributed by atoms with Crippen molar-refractivity contribution in [2.75, 3.05) is 14.2 Å². The van der Waals surface area contributed by atoms with Crippen LogP contribution in [0.3, 0.4) is 0 Å². The van der Waals surface area contributed by atoms with Gasteiger partial charge in [0, 0.05) is 51.4 Å². The number of nitrogens with zero attached hydrogens (tertiary/aromatic N) is 4. The molecule has 0 saturated heterocycles. The van der Waals surface area contributed by atoms with Crippen LogP contribution in [0, 0.1) is 36.5 Å². The van der Waals surface area contributed by atoms with Crippen molar-refractivity contribution in [3.63, 3.8) is 0 Å². The summed E-state index contributed by atoms with van der Waals surface area (Å²) in [6, 6.07) is 10.1. The molecule has 0 unspecified atom stereocenters. The maximum atomic E-state index is 12.3. The summed E-state index contributed by atoms with van der Waals surface area (Å²) in [5, 5.41) is 19.7. The third-order valence-electron chi connectivity index (χ3n) is 9.82. The standard InChI is InChI=1S/C40H42N6O4.Ni/c1-9-26-24(6)39-30(15-25(19-41)20-42)40-27(10-2)21(3)33(45-40)16-31-22(4)28(11-13-37(47)49-7)35(43-31)18-36-29(12-14-38(48)50-8)23(5)32(44-36)17-34(26)46-39;/h15-18,44-45H,9-14H2,1-8H3;. The van der Waals surface area contributed by atoms with Gasteiger partial charge in [0.25, 0.3) is 0 Å². The van der Waals surface area contributed by atoms with E-state index < -0.39 is 0 Å². The Kier molecular flexibility index (Phi) is 12.2. The van der Waals surface area contributed by atoms with Crippen molar-refractivity contribution >= 4 is 62.4 Å². The summed E-state index contributed by atoms with van der Waals surface area (Å²) in [6.07, 6.45) is 4.32. The number of carbonyl (C=O) groups excluding carboxylic acids is 2. The number of aromatic amines is 2. The van der Waals surface area contributed by atoms with Crippen molar-refractivity contribution in [1.82, 2.24) is 19.9 Å². The predicted molar refractivity (Wildman–Crippen MR) is 196 cm³/mol. The molecule has 11 heteroatoms. The molecule has 0 radical (unpaired) electrons. The molecule has 8 bridgehead atoms. The van der Waals surface area contributed by atoms with E-state index >= 15 is 0 Å². The number of ether oxygens (including phenoxy) is 2. The summed E-state index contributed by atoms with van der Waals surface area (Å²) in [7, 11) is 2.77. The number of aromatic nitrogens is 4. The van der Waals surface area contributed by atoms with Gasteiger partial charge in [-0.05, 0) is 122 Å². The Hall–Kier alpha value is -5.25. The molecule has 266 valence electrons. The number of aryl methyl sites for hydroxylation is 4. The van der Waals surface area contributed by atoms with Crippen LogP contribution in [0.4, 0.5) is 0 Å².